The normalized spacial score (nSPS) is 11.8. The van der Waals surface area contributed by atoms with Crippen molar-refractivity contribution in [3.63, 3.8) is 0 Å². The summed E-state index contributed by atoms with van der Waals surface area (Å²) in [7, 11) is 0. The first-order chi connectivity index (χ1) is 9.77. The van der Waals surface area contributed by atoms with Crippen LogP contribution in [0.5, 0.6) is 0 Å². The highest BCUT2D eigenvalue weighted by Gasteiger charge is 2.27. The van der Waals surface area contributed by atoms with Crippen molar-refractivity contribution in [3.8, 4) is 12.3 Å². The lowest BCUT2D eigenvalue weighted by atomic mass is 10.1. The molecule has 0 spiro atoms. The molecule has 1 amide bonds. The highest BCUT2D eigenvalue weighted by Crippen LogP contribution is 2.15. The fourth-order valence-corrected chi connectivity index (χ4v) is 1.87. The monoisotopic (exact) mass is 291 g/mol. The summed E-state index contributed by atoms with van der Waals surface area (Å²) in [6.45, 7) is 5.44. The van der Waals surface area contributed by atoms with Crippen molar-refractivity contribution in [2.75, 3.05) is 6.54 Å². The van der Waals surface area contributed by atoms with Crippen LogP contribution in [0.2, 0.25) is 0 Å². The molecular formula is C16H18FNO3. The van der Waals surface area contributed by atoms with Gasteiger partial charge in [-0.2, -0.15) is 0 Å². The lowest BCUT2D eigenvalue weighted by Crippen LogP contribution is -2.45. The van der Waals surface area contributed by atoms with Gasteiger partial charge in [0.05, 0.1) is 5.56 Å². The van der Waals surface area contributed by atoms with Crippen molar-refractivity contribution >= 4 is 11.9 Å². The predicted octanol–water partition coefficient (Wildman–Crippen LogP) is 2.38. The van der Waals surface area contributed by atoms with Crippen LogP contribution in [0.15, 0.2) is 18.2 Å². The van der Waals surface area contributed by atoms with Crippen LogP contribution in [0.4, 0.5) is 4.39 Å². The molecule has 0 saturated heterocycles. The molecule has 1 rings (SSSR count). The molecule has 0 radical (unpaired) electrons. The summed E-state index contributed by atoms with van der Waals surface area (Å²) < 4.78 is 13.7. The molecule has 1 aromatic rings. The summed E-state index contributed by atoms with van der Waals surface area (Å²) in [6.07, 6.45) is 5.13. The zero-order valence-corrected chi connectivity index (χ0v) is 12.3. The van der Waals surface area contributed by atoms with E-state index in [1.165, 1.54) is 24.0 Å². The van der Waals surface area contributed by atoms with E-state index in [9.17, 15) is 14.0 Å². The standard InChI is InChI=1S/C16H18FNO3/c1-5-12-6-7-13(8-14(12)17)15(19)18(9-10(2)3)11(4)16(20)21/h1,6-8,10-11H,9H2,2-4H3,(H,20,21). The first kappa shape index (κ1) is 16.7. The third-order valence-corrected chi connectivity index (χ3v) is 3.02. The zero-order chi connectivity index (χ0) is 16.2. The van der Waals surface area contributed by atoms with Gasteiger partial charge in [-0.05, 0) is 31.0 Å². The van der Waals surface area contributed by atoms with Crippen molar-refractivity contribution < 1.29 is 19.1 Å². The van der Waals surface area contributed by atoms with E-state index in [0.29, 0.717) is 0 Å². The molecule has 0 aliphatic rings. The second-order valence-corrected chi connectivity index (χ2v) is 5.20. The Kier molecular flexibility index (Phi) is 5.48. The highest BCUT2D eigenvalue weighted by atomic mass is 19.1. The number of aliphatic carboxylic acids is 1. The molecule has 0 aliphatic heterocycles. The molecule has 0 bridgehead atoms. The number of carbonyl (C=O) groups is 2. The summed E-state index contributed by atoms with van der Waals surface area (Å²) in [5.74, 6) is -0.0458. The molecule has 0 saturated carbocycles. The molecule has 5 heteroatoms. The molecule has 112 valence electrons. The summed E-state index contributed by atoms with van der Waals surface area (Å²) in [5, 5.41) is 9.10. The molecule has 1 N–H and O–H groups in total. The number of amides is 1. The molecule has 21 heavy (non-hydrogen) atoms. The zero-order valence-electron chi connectivity index (χ0n) is 12.3. The van der Waals surface area contributed by atoms with Gasteiger partial charge in [0, 0.05) is 12.1 Å². The molecule has 0 aromatic heterocycles. The Hall–Kier alpha value is -2.35. The van der Waals surface area contributed by atoms with E-state index >= 15 is 0 Å². The van der Waals surface area contributed by atoms with Crippen LogP contribution in [0.3, 0.4) is 0 Å². The van der Waals surface area contributed by atoms with Crippen LogP contribution >= 0.6 is 0 Å². The second-order valence-electron chi connectivity index (χ2n) is 5.20. The van der Waals surface area contributed by atoms with Gasteiger partial charge >= 0.3 is 5.97 Å². The fourth-order valence-electron chi connectivity index (χ4n) is 1.87. The number of rotatable bonds is 5. The van der Waals surface area contributed by atoms with Crippen LogP contribution in [0.1, 0.15) is 36.7 Å². The number of carbonyl (C=O) groups excluding carboxylic acids is 1. The van der Waals surface area contributed by atoms with E-state index in [1.54, 1.807) is 0 Å². The van der Waals surface area contributed by atoms with Crippen molar-refractivity contribution in [2.45, 2.75) is 26.8 Å². The minimum absolute atomic E-state index is 0.0632. The topological polar surface area (TPSA) is 57.6 Å². The van der Waals surface area contributed by atoms with E-state index < -0.39 is 23.7 Å². The predicted molar refractivity (Wildman–Crippen MR) is 77.3 cm³/mol. The molecule has 4 nitrogen and oxygen atoms in total. The maximum Gasteiger partial charge on any atom is 0.326 e. The molecule has 0 fully saturated rings. The molecule has 1 aromatic carbocycles. The van der Waals surface area contributed by atoms with Gasteiger partial charge in [0.1, 0.15) is 11.9 Å². The smallest absolute Gasteiger partial charge is 0.326 e. The Labute approximate surface area is 123 Å². The Morgan fingerprint density at radius 1 is 1.38 bits per heavy atom. The van der Waals surface area contributed by atoms with Crippen molar-refractivity contribution in [3.05, 3.63) is 35.1 Å². The van der Waals surface area contributed by atoms with Crippen molar-refractivity contribution in [2.24, 2.45) is 5.92 Å². The van der Waals surface area contributed by atoms with Crippen molar-refractivity contribution in [1.82, 2.24) is 4.90 Å². The largest absolute Gasteiger partial charge is 0.480 e. The number of nitrogens with zero attached hydrogens (tertiary/aromatic N) is 1. The second kappa shape index (κ2) is 6.89. The number of benzene rings is 1. The van der Waals surface area contributed by atoms with Crippen LogP contribution < -0.4 is 0 Å². The minimum atomic E-state index is -1.11. The quantitative estimate of drug-likeness (QED) is 0.847. The van der Waals surface area contributed by atoms with Gasteiger partial charge in [0.15, 0.2) is 0 Å². The van der Waals surface area contributed by atoms with Gasteiger partial charge in [0.25, 0.3) is 5.91 Å². The Morgan fingerprint density at radius 2 is 2.00 bits per heavy atom. The van der Waals surface area contributed by atoms with Gasteiger partial charge < -0.3 is 10.0 Å². The van der Waals surface area contributed by atoms with E-state index in [4.69, 9.17) is 11.5 Å². The SMILES string of the molecule is C#Cc1ccc(C(=O)N(CC(C)C)C(C)C(=O)O)cc1F. The average molecular weight is 291 g/mol. The van der Waals surface area contributed by atoms with E-state index in [1.807, 2.05) is 13.8 Å². The maximum absolute atomic E-state index is 13.7. The third kappa shape index (κ3) is 4.06. The molecule has 0 aliphatic carbocycles. The average Bonchev–Trinajstić information content (AvgIpc) is 2.42. The van der Waals surface area contributed by atoms with Gasteiger partial charge in [0.2, 0.25) is 0 Å². The van der Waals surface area contributed by atoms with Crippen molar-refractivity contribution in [1.29, 1.82) is 0 Å². The maximum atomic E-state index is 13.7. The van der Waals surface area contributed by atoms with Gasteiger partial charge in [-0.1, -0.05) is 19.8 Å². The van der Waals surface area contributed by atoms with Gasteiger partial charge in [-0.3, -0.25) is 4.79 Å². The number of terminal acetylenes is 1. The number of hydrogen-bond donors (Lipinski definition) is 1. The van der Waals surface area contributed by atoms with Crippen LogP contribution in [-0.2, 0) is 4.79 Å². The summed E-state index contributed by atoms with van der Waals surface area (Å²) in [4.78, 5) is 24.8. The van der Waals surface area contributed by atoms with E-state index in [0.717, 1.165) is 6.07 Å². The Balaban J connectivity index is 3.13. The van der Waals surface area contributed by atoms with Crippen LogP contribution in [0.25, 0.3) is 0 Å². The third-order valence-electron chi connectivity index (χ3n) is 3.02. The number of halogens is 1. The molecular weight excluding hydrogens is 273 g/mol. The van der Waals surface area contributed by atoms with Crippen LogP contribution in [-0.4, -0.2) is 34.5 Å². The first-order valence-electron chi connectivity index (χ1n) is 6.57. The Morgan fingerprint density at radius 3 is 2.43 bits per heavy atom. The summed E-state index contributed by atoms with van der Waals surface area (Å²) >= 11 is 0. The van der Waals surface area contributed by atoms with Gasteiger partial charge in [-0.15, -0.1) is 6.42 Å². The summed E-state index contributed by atoms with van der Waals surface area (Å²) in [6, 6.07) is 2.79. The summed E-state index contributed by atoms with van der Waals surface area (Å²) in [5.41, 5.74) is 0.147. The Bertz CT molecular complexity index is 590. The van der Waals surface area contributed by atoms with E-state index in [2.05, 4.69) is 5.92 Å². The lowest BCUT2D eigenvalue weighted by Gasteiger charge is -2.28. The van der Waals surface area contributed by atoms with Gasteiger partial charge in [-0.25, -0.2) is 9.18 Å². The highest BCUT2D eigenvalue weighted by molar-refractivity contribution is 5.96. The van der Waals surface area contributed by atoms with E-state index in [-0.39, 0.29) is 23.6 Å². The molecule has 1 unspecified atom stereocenters. The lowest BCUT2D eigenvalue weighted by molar-refractivity contribution is -0.141. The number of carboxylic acid groups (broad SMARTS) is 1. The molecule has 0 heterocycles. The first-order valence-corrected chi connectivity index (χ1v) is 6.57. The minimum Gasteiger partial charge on any atom is -0.480 e. The number of hydrogen-bond acceptors (Lipinski definition) is 2. The number of carboxylic acids is 1. The van der Waals surface area contributed by atoms with Crippen LogP contribution in [0, 0.1) is 24.1 Å². The fraction of sp³-hybridized carbons (Fsp3) is 0.375. The molecule has 1 atom stereocenters.